The number of rotatable bonds is 6. The van der Waals surface area contributed by atoms with Crippen molar-refractivity contribution in [3.63, 3.8) is 0 Å². The molecule has 0 radical (unpaired) electrons. The van der Waals surface area contributed by atoms with E-state index in [-0.39, 0.29) is 6.04 Å². The van der Waals surface area contributed by atoms with Gasteiger partial charge < -0.3 is 5.32 Å². The molecule has 0 aliphatic carbocycles. The summed E-state index contributed by atoms with van der Waals surface area (Å²) in [5.41, 5.74) is 2.15. The van der Waals surface area contributed by atoms with Gasteiger partial charge in [0.15, 0.2) is 0 Å². The highest BCUT2D eigenvalue weighted by Gasteiger charge is 2.23. The lowest BCUT2D eigenvalue weighted by Crippen LogP contribution is -2.26. The number of aryl methyl sites for hydroxylation is 1. The Bertz CT molecular complexity index is 613. The van der Waals surface area contributed by atoms with E-state index in [1.165, 1.54) is 0 Å². The molecule has 1 unspecified atom stereocenters. The number of benzene rings is 1. The van der Waals surface area contributed by atoms with Gasteiger partial charge in [0.25, 0.3) is 0 Å². The molecule has 1 atom stereocenters. The third-order valence-electron chi connectivity index (χ3n) is 3.27. The van der Waals surface area contributed by atoms with E-state index in [1.54, 1.807) is 6.20 Å². The number of aromatic nitrogens is 2. The monoisotopic (exact) mass is 433 g/mol. The minimum atomic E-state index is 0.00627. The molecule has 0 fully saturated rings. The van der Waals surface area contributed by atoms with Crippen molar-refractivity contribution in [2.24, 2.45) is 0 Å². The zero-order chi connectivity index (χ0) is 15.4. The molecule has 2 rings (SSSR count). The topological polar surface area (TPSA) is 29.9 Å². The summed E-state index contributed by atoms with van der Waals surface area (Å²) in [6.45, 7) is 5.92. The third kappa shape index (κ3) is 3.89. The molecule has 1 aromatic carbocycles. The first-order chi connectivity index (χ1) is 10.1. The van der Waals surface area contributed by atoms with Crippen LogP contribution in [0.2, 0.25) is 5.02 Å². The van der Waals surface area contributed by atoms with Gasteiger partial charge in [-0.15, -0.1) is 0 Å². The zero-order valence-corrected chi connectivity index (χ0v) is 16.0. The second-order valence-electron chi connectivity index (χ2n) is 4.75. The molecule has 0 amide bonds. The van der Waals surface area contributed by atoms with E-state index < -0.39 is 0 Å². The number of nitrogens with one attached hydrogen (secondary N) is 1. The molecule has 0 saturated carbocycles. The van der Waals surface area contributed by atoms with Crippen LogP contribution in [0.3, 0.4) is 0 Å². The Hall–Kier alpha value is -0.360. The fourth-order valence-electron chi connectivity index (χ4n) is 2.29. The van der Waals surface area contributed by atoms with Gasteiger partial charge in [-0.25, -0.2) is 0 Å². The summed E-state index contributed by atoms with van der Waals surface area (Å²) in [6.07, 6.45) is 2.77. The molecule has 0 saturated heterocycles. The van der Waals surface area contributed by atoms with Gasteiger partial charge >= 0.3 is 0 Å². The Morgan fingerprint density at radius 2 is 2.10 bits per heavy atom. The largest absolute Gasteiger partial charge is 0.305 e. The number of hydrogen-bond donors (Lipinski definition) is 1. The molecule has 0 aliphatic heterocycles. The van der Waals surface area contributed by atoms with E-state index >= 15 is 0 Å². The van der Waals surface area contributed by atoms with Crippen LogP contribution in [0.25, 0.3) is 0 Å². The SMILES string of the molecule is CCCNC(c1cc(Br)ccc1Br)c1c(Cl)cnn1CC. The Labute approximate surface area is 147 Å². The van der Waals surface area contributed by atoms with E-state index in [0.29, 0.717) is 5.02 Å². The van der Waals surface area contributed by atoms with E-state index in [1.807, 2.05) is 16.8 Å². The van der Waals surface area contributed by atoms with Gasteiger partial charge in [0.1, 0.15) is 0 Å². The summed E-state index contributed by atoms with van der Waals surface area (Å²) in [6, 6.07) is 6.18. The molecule has 6 heteroatoms. The van der Waals surface area contributed by atoms with Crippen molar-refractivity contribution in [3.8, 4) is 0 Å². The molecule has 0 aliphatic rings. The predicted molar refractivity (Wildman–Crippen MR) is 94.9 cm³/mol. The van der Waals surface area contributed by atoms with Crippen LogP contribution in [-0.4, -0.2) is 16.3 Å². The summed E-state index contributed by atoms with van der Waals surface area (Å²) in [5.74, 6) is 0. The lowest BCUT2D eigenvalue weighted by Gasteiger charge is -2.22. The van der Waals surface area contributed by atoms with Crippen molar-refractivity contribution in [1.82, 2.24) is 15.1 Å². The van der Waals surface area contributed by atoms with Crippen molar-refractivity contribution in [2.75, 3.05) is 6.54 Å². The first-order valence-corrected chi connectivity index (χ1v) is 8.94. The van der Waals surface area contributed by atoms with Crippen LogP contribution in [0.15, 0.2) is 33.3 Å². The van der Waals surface area contributed by atoms with Crippen molar-refractivity contribution in [1.29, 1.82) is 0 Å². The van der Waals surface area contributed by atoms with Gasteiger partial charge in [0.05, 0.1) is 23.0 Å². The van der Waals surface area contributed by atoms with Gasteiger partial charge in [0.2, 0.25) is 0 Å². The van der Waals surface area contributed by atoms with Crippen LogP contribution in [0.1, 0.15) is 37.6 Å². The van der Waals surface area contributed by atoms with E-state index in [9.17, 15) is 0 Å². The van der Waals surface area contributed by atoms with Crippen molar-refractivity contribution in [2.45, 2.75) is 32.9 Å². The fourth-order valence-corrected chi connectivity index (χ4v) is 3.39. The van der Waals surface area contributed by atoms with Gasteiger partial charge in [-0.3, -0.25) is 4.68 Å². The molecule has 1 aromatic heterocycles. The fraction of sp³-hybridized carbons (Fsp3) is 0.400. The lowest BCUT2D eigenvalue weighted by molar-refractivity contribution is 0.528. The van der Waals surface area contributed by atoms with E-state index in [4.69, 9.17) is 11.6 Å². The average molecular weight is 436 g/mol. The normalized spacial score (nSPS) is 12.6. The summed E-state index contributed by atoms with van der Waals surface area (Å²) in [7, 11) is 0. The van der Waals surface area contributed by atoms with Crippen LogP contribution in [0.5, 0.6) is 0 Å². The number of hydrogen-bond acceptors (Lipinski definition) is 2. The summed E-state index contributed by atoms with van der Waals surface area (Å²) < 4.78 is 4.05. The average Bonchev–Trinajstić information content (AvgIpc) is 2.84. The molecular formula is C15H18Br2ClN3. The maximum atomic E-state index is 6.39. The third-order valence-corrected chi connectivity index (χ3v) is 4.78. The summed E-state index contributed by atoms with van der Waals surface area (Å²) >= 11 is 13.6. The molecule has 3 nitrogen and oxygen atoms in total. The van der Waals surface area contributed by atoms with Crippen LogP contribution >= 0.6 is 43.5 Å². The van der Waals surface area contributed by atoms with Crippen LogP contribution in [0.4, 0.5) is 0 Å². The Balaban J connectivity index is 2.52. The minimum Gasteiger partial charge on any atom is -0.305 e. The Morgan fingerprint density at radius 3 is 2.76 bits per heavy atom. The summed E-state index contributed by atoms with van der Waals surface area (Å²) in [5, 5.41) is 8.63. The number of nitrogens with zero attached hydrogens (tertiary/aromatic N) is 2. The first kappa shape index (κ1) is 17.0. The Kier molecular flexibility index (Phi) is 6.29. The van der Waals surface area contributed by atoms with Crippen LogP contribution in [-0.2, 0) is 6.54 Å². The van der Waals surface area contributed by atoms with Crippen LogP contribution < -0.4 is 5.32 Å². The van der Waals surface area contributed by atoms with E-state index in [2.05, 4.69) is 62.2 Å². The Morgan fingerprint density at radius 1 is 1.33 bits per heavy atom. The molecule has 1 N–H and O–H groups in total. The second kappa shape index (κ2) is 7.77. The van der Waals surface area contributed by atoms with Gasteiger partial charge in [-0.05, 0) is 43.7 Å². The first-order valence-electron chi connectivity index (χ1n) is 6.98. The van der Waals surface area contributed by atoms with E-state index in [0.717, 1.165) is 39.7 Å². The van der Waals surface area contributed by atoms with Crippen molar-refractivity contribution >= 4 is 43.5 Å². The molecule has 0 bridgehead atoms. The highest BCUT2D eigenvalue weighted by atomic mass is 79.9. The maximum absolute atomic E-state index is 6.39. The molecular weight excluding hydrogens is 417 g/mol. The van der Waals surface area contributed by atoms with Gasteiger partial charge in [-0.2, -0.15) is 5.10 Å². The standard InChI is InChI=1S/C15H18Br2ClN3/c1-3-7-19-14(11-8-10(16)5-6-12(11)17)15-13(18)9-20-21(15)4-2/h5-6,8-9,14,19H,3-4,7H2,1-2H3. The predicted octanol–water partition coefficient (Wildman–Crippen LogP) is 5.17. The molecule has 1 heterocycles. The molecule has 2 aromatic rings. The molecule has 0 spiro atoms. The van der Waals surface area contributed by atoms with Crippen molar-refractivity contribution < 1.29 is 0 Å². The molecule has 114 valence electrons. The zero-order valence-electron chi connectivity index (χ0n) is 12.0. The molecule has 21 heavy (non-hydrogen) atoms. The van der Waals surface area contributed by atoms with Gasteiger partial charge in [0, 0.05) is 15.5 Å². The van der Waals surface area contributed by atoms with Crippen LogP contribution in [0, 0.1) is 0 Å². The minimum absolute atomic E-state index is 0.00627. The smallest absolute Gasteiger partial charge is 0.0837 e. The quantitative estimate of drug-likeness (QED) is 0.678. The van der Waals surface area contributed by atoms with Crippen molar-refractivity contribution in [3.05, 3.63) is 49.6 Å². The lowest BCUT2D eigenvalue weighted by atomic mass is 10.0. The number of halogens is 3. The van der Waals surface area contributed by atoms with Gasteiger partial charge in [-0.1, -0.05) is 50.4 Å². The maximum Gasteiger partial charge on any atom is 0.0837 e. The second-order valence-corrected chi connectivity index (χ2v) is 6.92. The highest BCUT2D eigenvalue weighted by molar-refractivity contribution is 9.11. The summed E-state index contributed by atoms with van der Waals surface area (Å²) in [4.78, 5) is 0. The highest BCUT2D eigenvalue weighted by Crippen LogP contribution is 2.34.